The Labute approximate surface area is 150 Å². The number of carbonyl (C=O) groups excluding carboxylic acids is 1. The highest BCUT2D eigenvalue weighted by Gasteiger charge is 2.13. The van der Waals surface area contributed by atoms with Gasteiger partial charge in [-0.25, -0.2) is 10.5 Å². The number of hydrazone groups is 1. The lowest BCUT2D eigenvalue weighted by atomic mass is 10.1. The largest absolute Gasteiger partial charge is 0.506 e. The van der Waals surface area contributed by atoms with E-state index >= 15 is 0 Å². The molecule has 2 aromatic carbocycles. The summed E-state index contributed by atoms with van der Waals surface area (Å²) in [5, 5.41) is 20.7. The summed E-state index contributed by atoms with van der Waals surface area (Å²) < 4.78 is 0. The Morgan fingerprint density at radius 3 is 2.72 bits per heavy atom. The molecule has 25 heavy (non-hydrogen) atoms. The molecule has 1 heterocycles. The van der Waals surface area contributed by atoms with Crippen LogP contribution in [0.4, 0.5) is 0 Å². The van der Waals surface area contributed by atoms with Crippen LogP contribution < -0.4 is 11.0 Å². The zero-order chi connectivity index (χ0) is 18.0. The molecular weight excluding hydrogens is 367 g/mol. The highest BCUT2D eigenvalue weighted by Crippen LogP contribution is 2.29. The van der Waals surface area contributed by atoms with Gasteiger partial charge in [-0.2, -0.15) is 10.2 Å². The number of nitrogens with one attached hydrogen (secondary N) is 2. The van der Waals surface area contributed by atoms with E-state index in [2.05, 4.69) is 20.7 Å². The van der Waals surface area contributed by atoms with Crippen molar-refractivity contribution in [1.82, 2.24) is 15.6 Å². The fourth-order valence-corrected chi connectivity index (χ4v) is 2.69. The van der Waals surface area contributed by atoms with E-state index in [1.165, 1.54) is 18.3 Å². The van der Waals surface area contributed by atoms with Gasteiger partial charge in [-0.1, -0.05) is 41.4 Å². The van der Waals surface area contributed by atoms with Crippen molar-refractivity contribution in [2.24, 2.45) is 5.10 Å². The number of rotatable bonds is 3. The van der Waals surface area contributed by atoms with Crippen molar-refractivity contribution in [3.05, 3.63) is 68.1 Å². The maximum atomic E-state index is 12.3. The standard InChI is InChI=1S/C16H10Cl2N4O3/c17-9-5-8(14(23)12(18)6-9)7-19-21-16(25)13-10-3-1-2-4-11(10)15(24)22-20-13/h1-7,23H,(H,21,25)(H,22,24)/b19-7+. The van der Waals surface area contributed by atoms with E-state index in [-0.39, 0.29) is 22.0 Å². The predicted octanol–water partition coefficient (Wildman–Crippen LogP) is 2.70. The van der Waals surface area contributed by atoms with Crippen LogP contribution in [0.25, 0.3) is 10.8 Å². The maximum absolute atomic E-state index is 12.3. The topological polar surface area (TPSA) is 107 Å². The summed E-state index contributed by atoms with van der Waals surface area (Å²) in [4.78, 5) is 24.0. The van der Waals surface area contributed by atoms with Gasteiger partial charge in [0.2, 0.25) is 0 Å². The normalized spacial score (nSPS) is 11.1. The molecule has 0 fully saturated rings. The number of amides is 1. The Kier molecular flexibility index (Phi) is 4.69. The van der Waals surface area contributed by atoms with Gasteiger partial charge in [0.25, 0.3) is 11.5 Å². The molecule has 9 heteroatoms. The summed E-state index contributed by atoms with van der Waals surface area (Å²) >= 11 is 11.7. The Balaban J connectivity index is 1.87. The molecule has 3 rings (SSSR count). The molecule has 0 bridgehead atoms. The van der Waals surface area contributed by atoms with Crippen molar-refractivity contribution >= 4 is 46.1 Å². The van der Waals surface area contributed by atoms with Gasteiger partial charge >= 0.3 is 0 Å². The Bertz CT molecular complexity index is 1060. The number of hydrogen-bond donors (Lipinski definition) is 3. The molecule has 0 unspecified atom stereocenters. The predicted molar refractivity (Wildman–Crippen MR) is 95.6 cm³/mol. The number of carbonyl (C=O) groups is 1. The van der Waals surface area contributed by atoms with Crippen LogP contribution >= 0.6 is 23.2 Å². The fourth-order valence-electron chi connectivity index (χ4n) is 2.19. The van der Waals surface area contributed by atoms with Gasteiger partial charge in [-0.15, -0.1) is 0 Å². The molecule has 0 spiro atoms. The first kappa shape index (κ1) is 16.9. The van der Waals surface area contributed by atoms with Crippen LogP contribution in [0.1, 0.15) is 16.1 Å². The summed E-state index contributed by atoms with van der Waals surface area (Å²) in [5.41, 5.74) is 2.13. The molecule has 1 aromatic heterocycles. The second-order valence-electron chi connectivity index (χ2n) is 4.97. The summed E-state index contributed by atoms with van der Waals surface area (Å²) in [6, 6.07) is 9.38. The second kappa shape index (κ2) is 6.92. The molecular formula is C16H10Cl2N4O3. The summed E-state index contributed by atoms with van der Waals surface area (Å²) in [6.45, 7) is 0. The second-order valence-corrected chi connectivity index (χ2v) is 5.82. The van der Waals surface area contributed by atoms with Gasteiger partial charge < -0.3 is 5.11 Å². The van der Waals surface area contributed by atoms with Gasteiger partial charge in [0.05, 0.1) is 16.6 Å². The number of nitrogens with zero attached hydrogens (tertiary/aromatic N) is 2. The van der Waals surface area contributed by atoms with Gasteiger partial charge in [-0.05, 0) is 18.2 Å². The minimum Gasteiger partial charge on any atom is -0.506 e. The van der Waals surface area contributed by atoms with Crippen LogP contribution in [0.15, 0.2) is 46.3 Å². The minimum absolute atomic E-state index is 0.0145. The van der Waals surface area contributed by atoms with E-state index in [0.29, 0.717) is 15.8 Å². The highest BCUT2D eigenvalue weighted by atomic mass is 35.5. The van der Waals surface area contributed by atoms with Crippen molar-refractivity contribution in [1.29, 1.82) is 0 Å². The molecule has 3 aromatic rings. The van der Waals surface area contributed by atoms with Crippen molar-refractivity contribution in [3.63, 3.8) is 0 Å². The molecule has 0 aliphatic rings. The molecule has 7 nitrogen and oxygen atoms in total. The molecule has 1 amide bonds. The van der Waals surface area contributed by atoms with Crippen molar-refractivity contribution < 1.29 is 9.90 Å². The van der Waals surface area contributed by atoms with E-state index in [4.69, 9.17) is 23.2 Å². The number of benzene rings is 2. The molecule has 0 aliphatic carbocycles. The number of fused-ring (bicyclic) bond motifs is 1. The van der Waals surface area contributed by atoms with E-state index in [1.807, 2.05) is 0 Å². The average molecular weight is 377 g/mol. The molecule has 126 valence electrons. The number of aromatic amines is 1. The number of aromatic nitrogens is 2. The lowest BCUT2D eigenvalue weighted by Gasteiger charge is -2.04. The van der Waals surface area contributed by atoms with E-state index in [1.54, 1.807) is 24.3 Å². The molecule has 0 atom stereocenters. The molecule has 0 saturated heterocycles. The quantitative estimate of drug-likeness (QED) is 0.482. The number of aromatic hydroxyl groups is 1. The van der Waals surface area contributed by atoms with Crippen molar-refractivity contribution in [2.45, 2.75) is 0 Å². The van der Waals surface area contributed by atoms with Crippen LogP contribution in [-0.4, -0.2) is 27.4 Å². The van der Waals surface area contributed by atoms with Crippen LogP contribution in [-0.2, 0) is 0 Å². The van der Waals surface area contributed by atoms with E-state index in [0.717, 1.165) is 0 Å². The van der Waals surface area contributed by atoms with Crippen molar-refractivity contribution in [3.8, 4) is 5.75 Å². The summed E-state index contributed by atoms with van der Waals surface area (Å²) in [6.07, 6.45) is 1.19. The van der Waals surface area contributed by atoms with E-state index < -0.39 is 11.5 Å². The smallest absolute Gasteiger partial charge is 0.292 e. The molecule has 0 saturated carbocycles. The number of halogens is 2. The van der Waals surface area contributed by atoms with Crippen LogP contribution in [0.5, 0.6) is 5.75 Å². The highest BCUT2D eigenvalue weighted by molar-refractivity contribution is 6.36. The SMILES string of the molecule is O=C(N/N=C/c1cc(Cl)cc(Cl)c1O)c1n[nH]c(=O)c2ccccc12. The first-order valence-corrected chi connectivity index (χ1v) is 7.72. The Morgan fingerprint density at radius 1 is 1.24 bits per heavy atom. The van der Waals surface area contributed by atoms with Gasteiger partial charge in [0, 0.05) is 16.0 Å². The van der Waals surface area contributed by atoms with Gasteiger partial charge in [0.1, 0.15) is 5.75 Å². The van der Waals surface area contributed by atoms with Crippen LogP contribution in [0, 0.1) is 0 Å². The third kappa shape index (κ3) is 3.47. The third-order valence-electron chi connectivity index (χ3n) is 3.34. The molecule has 0 radical (unpaired) electrons. The Morgan fingerprint density at radius 2 is 1.96 bits per heavy atom. The average Bonchev–Trinajstić information content (AvgIpc) is 2.59. The third-order valence-corrected chi connectivity index (χ3v) is 3.84. The number of phenolic OH excluding ortho intramolecular Hbond substituents is 1. The zero-order valence-corrected chi connectivity index (χ0v) is 14.0. The van der Waals surface area contributed by atoms with E-state index in [9.17, 15) is 14.7 Å². The van der Waals surface area contributed by atoms with Crippen LogP contribution in [0.3, 0.4) is 0 Å². The molecule has 3 N–H and O–H groups in total. The fraction of sp³-hybridized carbons (Fsp3) is 0. The first-order valence-electron chi connectivity index (χ1n) is 6.96. The number of phenols is 1. The van der Waals surface area contributed by atoms with Crippen molar-refractivity contribution in [2.75, 3.05) is 0 Å². The minimum atomic E-state index is -0.628. The van der Waals surface area contributed by atoms with Crippen LogP contribution in [0.2, 0.25) is 10.0 Å². The molecule has 0 aliphatic heterocycles. The monoisotopic (exact) mass is 376 g/mol. The van der Waals surface area contributed by atoms with Gasteiger partial charge in [-0.3, -0.25) is 9.59 Å². The number of hydrogen-bond acceptors (Lipinski definition) is 5. The summed E-state index contributed by atoms with van der Waals surface area (Å²) in [7, 11) is 0. The Hall–Kier alpha value is -2.90. The zero-order valence-electron chi connectivity index (χ0n) is 12.5. The lowest BCUT2D eigenvalue weighted by Crippen LogP contribution is -2.22. The lowest BCUT2D eigenvalue weighted by molar-refractivity contribution is 0.0951. The number of H-pyrrole nitrogens is 1. The summed E-state index contributed by atoms with van der Waals surface area (Å²) in [5.74, 6) is -0.840. The first-order chi connectivity index (χ1) is 12.0. The van der Waals surface area contributed by atoms with Gasteiger partial charge in [0.15, 0.2) is 5.69 Å². The maximum Gasteiger partial charge on any atom is 0.292 e.